The highest BCUT2D eigenvalue weighted by atomic mass is 19.1. The van der Waals surface area contributed by atoms with Gasteiger partial charge in [0.15, 0.2) is 11.6 Å². The van der Waals surface area contributed by atoms with E-state index in [2.05, 4.69) is 6.07 Å². The van der Waals surface area contributed by atoms with Gasteiger partial charge in [-0.1, -0.05) is 6.07 Å². The lowest BCUT2D eigenvalue weighted by Gasteiger charge is -2.24. The fourth-order valence-corrected chi connectivity index (χ4v) is 1.47. The first-order valence-corrected chi connectivity index (χ1v) is 5.51. The van der Waals surface area contributed by atoms with E-state index in [1.165, 1.54) is 6.07 Å². The zero-order valence-electron chi connectivity index (χ0n) is 10.3. The number of ether oxygens (including phenoxy) is 1. The van der Waals surface area contributed by atoms with Gasteiger partial charge in [-0.25, -0.2) is 4.39 Å². The summed E-state index contributed by atoms with van der Waals surface area (Å²) in [6.07, 6.45) is 0. The highest BCUT2D eigenvalue weighted by Crippen LogP contribution is 2.32. The molecule has 3 nitrogen and oxygen atoms in total. The molecule has 4 heteroatoms. The van der Waals surface area contributed by atoms with Crippen LogP contribution < -0.4 is 10.5 Å². The molecule has 1 atom stereocenters. The fourth-order valence-electron chi connectivity index (χ4n) is 1.47. The van der Waals surface area contributed by atoms with Crippen LogP contribution in [0.1, 0.15) is 32.4 Å². The molecule has 0 aliphatic carbocycles. The SMILES string of the molecule is CCOc1ccc(C(N)C(C)(C)C#N)cc1F. The van der Waals surface area contributed by atoms with Crippen molar-refractivity contribution >= 4 is 0 Å². The molecule has 0 saturated carbocycles. The minimum atomic E-state index is -0.737. The number of hydrogen-bond acceptors (Lipinski definition) is 3. The van der Waals surface area contributed by atoms with E-state index in [-0.39, 0.29) is 5.75 Å². The van der Waals surface area contributed by atoms with Gasteiger partial charge in [-0.15, -0.1) is 0 Å². The molecule has 1 unspecified atom stereocenters. The van der Waals surface area contributed by atoms with Gasteiger partial charge in [0.1, 0.15) is 0 Å². The van der Waals surface area contributed by atoms with Crippen LogP contribution in [0.25, 0.3) is 0 Å². The normalized spacial score (nSPS) is 12.9. The molecule has 0 spiro atoms. The van der Waals surface area contributed by atoms with Gasteiger partial charge in [0.05, 0.1) is 18.1 Å². The van der Waals surface area contributed by atoms with Crippen molar-refractivity contribution in [1.82, 2.24) is 0 Å². The smallest absolute Gasteiger partial charge is 0.165 e. The summed E-state index contributed by atoms with van der Waals surface area (Å²) in [6.45, 7) is 5.65. The van der Waals surface area contributed by atoms with E-state index in [0.717, 1.165) is 0 Å². The standard InChI is InChI=1S/C13H17FN2O/c1-4-17-11-6-5-9(7-10(11)14)12(16)13(2,3)8-15/h5-7,12H,4,16H2,1-3H3. The molecule has 92 valence electrons. The molecule has 1 aromatic rings. The third-order valence-electron chi connectivity index (χ3n) is 2.68. The Hall–Kier alpha value is -1.60. The van der Waals surface area contributed by atoms with E-state index in [0.29, 0.717) is 12.2 Å². The molecule has 0 aliphatic heterocycles. The molecule has 0 bridgehead atoms. The summed E-state index contributed by atoms with van der Waals surface area (Å²) in [7, 11) is 0. The van der Waals surface area contributed by atoms with Crippen molar-refractivity contribution in [3.8, 4) is 11.8 Å². The molecule has 0 heterocycles. The summed E-state index contributed by atoms with van der Waals surface area (Å²) in [6, 6.07) is 6.15. The van der Waals surface area contributed by atoms with E-state index in [1.54, 1.807) is 32.9 Å². The maximum absolute atomic E-state index is 13.6. The first-order valence-electron chi connectivity index (χ1n) is 5.51. The Morgan fingerprint density at radius 1 is 1.53 bits per heavy atom. The van der Waals surface area contributed by atoms with E-state index in [9.17, 15) is 4.39 Å². The summed E-state index contributed by atoms with van der Waals surface area (Å²) in [4.78, 5) is 0. The Balaban J connectivity index is 3.02. The molecule has 0 amide bonds. The summed E-state index contributed by atoms with van der Waals surface area (Å²) in [5.74, 6) is -0.244. The number of rotatable bonds is 4. The zero-order chi connectivity index (χ0) is 13.1. The van der Waals surface area contributed by atoms with Crippen molar-refractivity contribution in [3.05, 3.63) is 29.6 Å². The molecular formula is C13H17FN2O. The average molecular weight is 236 g/mol. The van der Waals surface area contributed by atoms with Crippen LogP contribution >= 0.6 is 0 Å². The first kappa shape index (κ1) is 13.5. The number of halogens is 1. The minimum absolute atomic E-state index is 0.207. The van der Waals surface area contributed by atoms with Crippen LogP contribution in [0.4, 0.5) is 4.39 Å². The monoisotopic (exact) mass is 236 g/mol. The maximum Gasteiger partial charge on any atom is 0.165 e. The van der Waals surface area contributed by atoms with Crippen molar-refractivity contribution in [2.75, 3.05) is 6.61 Å². The van der Waals surface area contributed by atoms with Gasteiger partial charge in [-0.2, -0.15) is 5.26 Å². The molecule has 0 aromatic heterocycles. The van der Waals surface area contributed by atoms with E-state index >= 15 is 0 Å². The van der Waals surface area contributed by atoms with Crippen LogP contribution in [0.15, 0.2) is 18.2 Å². The van der Waals surface area contributed by atoms with E-state index in [4.69, 9.17) is 15.7 Å². The molecule has 17 heavy (non-hydrogen) atoms. The minimum Gasteiger partial charge on any atom is -0.491 e. The summed E-state index contributed by atoms with van der Waals surface area (Å²) < 4.78 is 18.7. The maximum atomic E-state index is 13.6. The third kappa shape index (κ3) is 2.95. The molecule has 0 aliphatic rings. The van der Waals surface area contributed by atoms with Crippen molar-refractivity contribution in [1.29, 1.82) is 5.26 Å². The highest BCUT2D eigenvalue weighted by Gasteiger charge is 2.28. The van der Waals surface area contributed by atoms with Crippen LogP contribution in [-0.4, -0.2) is 6.61 Å². The van der Waals surface area contributed by atoms with Crippen molar-refractivity contribution in [3.63, 3.8) is 0 Å². The molecule has 1 rings (SSSR count). The van der Waals surface area contributed by atoms with Crippen LogP contribution in [0, 0.1) is 22.6 Å². The lowest BCUT2D eigenvalue weighted by atomic mass is 9.82. The Kier molecular flexibility index (Phi) is 4.08. The van der Waals surface area contributed by atoms with Crippen LogP contribution in [0.5, 0.6) is 5.75 Å². The van der Waals surface area contributed by atoms with Crippen molar-refractivity contribution in [2.45, 2.75) is 26.8 Å². The Bertz CT molecular complexity index is 438. The van der Waals surface area contributed by atoms with Crippen LogP contribution in [0.3, 0.4) is 0 Å². The average Bonchev–Trinajstić information content (AvgIpc) is 2.31. The zero-order valence-corrected chi connectivity index (χ0v) is 10.3. The fraction of sp³-hybridized carbons (Fsp3) is 0.462. The molecule has 0 radical (unpaired) electrons. The number of nitrogens with zero attached hydrogens (tertiary/aromatic N) is 1. The van der Waals surface area contributed by atoms with Gasteiger partial charge in [0, 0.05) is 6.04 Å². The van der Waals surface area contributed by atoms with Gasteiger partial charge in [0.2, 0.25) is 0 Å². The van der Waals surface area contributed by atoms with Gasteiger partial charge in [-0.05, 0) is 38.5 Å². The Labute approximate surface area is 101 Å². The predicted octanol–water partition coefficient (Wildman–Crippen LogP) is 2.77. The Morgan fingerprint density at radius 3 is 2.65 bits per heavy atom. The second-order valence-electron chi connectivity index (χ2n) is 4.43. The second-order valence-corrected chi connectivity index (χ2v) is 4.43. The lowest BCUT2D eigenvalue weighted by Crippen LogP contribution is -2.27. The molecule has 0 fully saturated rings. The van der Waals surface area contributed by atoms with Crippen LogP contribution in [-0.2, 0) is 0 Å². The van der Waals surface area contributed by atoms with E-state index < -0.39 is 17.3 Å². The Morgan fingerprint density at radius 2 is 2.18 bits per heavy atom. The number of benzene rings is 1. The third-order valence-corrected chi connectivity index (χ3v) is 2.68. The predicted molar refractivity (Wildman–Crippen MR) is 63.9 cm³/mol. The molecule has 0 saturated heterocycles. The molecule has 2 N–H and O–H groups in total. The quantitative estimate of drug-likeness (QED) is 0.874. The van der Waals surface area contributed by atoms with Gasteiger partial charge in [0.25, 0.3) is 0 Å². The number of nitriles is 1. The van der Waals surface area contributed by atoms with Gasteiger partial charge in [-0.3, -0.25) is 0 Å². The van der Waals surface area contributed by atoms with Crippen LogP contribution in [0.2, 0.25) is 0 Å². The number of hydrogen-bond donors (Lipinski definition) is 1. The first-order chi connectivity index (χ1) is 7.92. The van der Waals surface area contributed by atoms with Crippen molar-refractivity contribution < 1.29 is 9.13 Å². The van der Waals surface area contributed by atoms with Gasteiger partial charge < -0.3 is 10.5 Å². The number of nitrogens with two attached hydrogens (primary N) is 1. The molecular weight excluding hydrogens is 219 g/mol. The summed E-state index contributed by atoms with van der Waals surface area (Å²) >= 11 is 0. The van der Waals surface area contributed by atoms with Gasteiger partial charge >= 0.3 is 0 Å². The largest absolute Gasteiger partial charge is 0.491 e. The van der Waals surface area contributed by atoms with E-state index in [1.807, 2.05) is 0 Å². The topological polar surface area (TPSA) is 59.0 Å². The van der Waals surface area contributed by atoms with Crippen molar-refractivity contribution in [2.24, 2.45) is 11.1 Å². The summed E-state index contributed by atoms with van der Waals surface area (Å²) in [5.41, 5.74) is 5.80. The summed E-state index contributed by atoms with van der Waals surface area (Å²) in [5, 5.41) is 8.99. The highest BCUT2D eigenvalue weighted by molar-refractivity contribution is 5.32. The second kappa shape index (κ2) is 5.15. The molecule has 1 aromatic carbocycles. The lowest BCUT2D eigenvalue weighted by molar-refractivity contribution is 0.320.